The highest BCUT2D eigenvalue weighted by molar-refractivity contribution is 8.03. The Hall–Kier alpha value is -0.910. The number of hydrogen-bond acceptors (Lipinski definition) is 4. The van der Waals surface area contributed by atoms with Gasteiger partial charge in [-0.3, -0.25) is 5.32 Å². The molecule has 1 aromatic heterocycles. The number of nitrogens with one attached hydrogen (secondary N) is 1. The van der Waals surface area contributed by atoms with Gasteiger partial charge in [0.2, 0.25) is 0 Å². The third-order valence-corrected chi connectivity index (χ3v) is 6.18. The van der Waals surface area contributed by atoms with Gasteiger partial charge in [0.1, 0.15) is 5.82 Å². The lowest BCUT2D eigenvalue weighted by Gasteiger charge is -2.24. The minimum absolute atomic E-state index is 0.162. The Bertz CT molecular complexity index is 548. The zero-order valence-corrected chi connectivity index (χ0v) is 13.9. The zero-order chi connectivity index (χ0) is 14.5. The molecule has 5 heteroatoms. The molecule has 112 valence electrons. The van der Waals surface area contributed by atoms with E-state index in [2.05, 4.69) is 75.8 Å². The number of nitrogens with zero attached hydrogens (tertiary/aromatic N) is 2. The van der Waals surface area contributed by atoms with Gasteiger partial charge in [0.25, 0.3) is 0 Å². The lowest BCUT2D eigenvalue weighted by molar-refractivity contribution is 0.509. The van der Waals surface area contributed by atoms with E-state index < -0.39 is 0 Å². The van der Waals surface area contributed by atoms with Crippen molar-refractivity contribution >= 4 is 23.5 Å². The van der Waals surface area contributed by atoms with E-state index in [9.17, 15) is 0 Å². The minimum atomic E-state index is 0.162. The number of hydrogen-bond donors (Lipinski definition) is 1. The maximum atomic E-state index is 4.57. The average molecular weight is 319 g/mol. The second-order valence-corrected chi connectivity index (χ2v) is 7.55. The van der Waals surface area contributed by atoms with Crippen LogP contribution in [0.1, 0.15) is 17.4 Å². The molecule has 3 nitrogen and oxygen atoms in total. The number of thioether (sulfide) groups is 2. The molecule has 0 spiro atoms. The average Bonchev–Trinajstić information content (AvgIpc) is 2.78. The van der Waals surface area contributed by atoms with Gasteiger partial charge in [0.15, 0.2) is 0 Å². The number of rotatable bonds is 4. The van der Waals surface area contributed by atoms with Crippen molar-refractivity contribution in [1.29, 1.82) is 0 Å². The summed E-state index contributed by atoms with van der Waals surface area (Å²) < 4.78 is 2.11. The van der Waals surface area contributed by atoms with E-state index >= 15 is 0 Å². The van der Waals surface area contributed by atoms with Crippen LogP contribution in [0, 0.1) is 0 Å². The summed E-state index contributed by atoms with van der Waals surface area (Å²) in [5.41, 5.74) is 1.28. The van der Waals surface area contributed by atoms with Gasteiger partial charge in [-0.15, -0.1) is 0 Å². The Balaban J connectivity index is 1.84. The molecule has 0 aliphatic carbocycles. The molecule has 1 unspecified atom stereocenters. The Labute approximate surface area is 134 Å². The Morgan fingerprint density at radius 1 is 1.19 bits per heavy atom. The van der Waals surface area contributed by atoms with Crippen LogP contribution in [0.3, 0.4) is 0 Å². The van der Waals surface area contributed by atoms with Gasteiger partial charge < -0.3 is 4.57 Å². The molecular formula is C16H21N3S2. The van der Waals surface area contributed by atoms with E-state index in [-0.39, 0.29) is 6.04 Å². The third-order valence-electron chi connectivity index (χ3n) is 3.66. The van der Waals surface area contributed by atoms with Crippen LogP contribution < -0.4 is 5.32 Å². The van der Waals surface area contributed by atoms with Crippen LogP contribution in [0.15, 0.2) is 42.7 Å². The predicted molar refractivity (Wildman–Crippen MR) is 93.1 cm³/mol. The van der Waals surface area contributed by atoms with Crippen molar-refractivity contribution < 1.29 is 0 Å². The van der Waals surface area contributed by atoms with Crippen molar-refractivity contribution in [1.82, 2.24) is 14.9 Å². The van der Waals surface area contributed by atoms with Crippen molar-refractivity contribution in [2.45, 2.75) is 12.1 Å². The third kappa shape index (κ3) is 3.84. The molecule has 1 aliphatic rings. The SMILES string of the molecule is Cn1ccnc1C(NC1CSCCSC1)c1ccccc1. The summed E-state index contributed by atoms with van der Waals surface area (Å²) in [5, 5.41) is 3.83. The molecular weight excluding hydrogens is 298 g/mol. The second-order valence-electron chi connectivity index (χ2n) is 5.25. The van der Waals surface area contributed by atoms with E-state index in [1.807, 2.05) is 12.4 Å². The van der Waals surface area contributed by atoms with Gasteiger partial charge in [-0.05, 0) is 5.56 Å². The molecule has 1 N–H and O–H groups in total. The summed E-state index contributed by atoms with van der Waals surface area (Å²) >= 11 is 4.10. The molecule has 0 radical (unpaired) electrons. The fourth-order valence-corrected chi connectivity index (χ4v) is 4.99. The zero-order valence-electron chi connectivity index (χ0n) is 12.2. The minimum Gasteiger partial charge on any atom is -0.336 e. The first-order valence-electron chi connectivity index (χ1n) is 7.28. The Kier molecular flexibility index (Phi) is 5.27. The van der Waals surface area contributed by atoms with Gasteiger partial charge in [-0.25, -0.2) is 4.98 Å². The molecule has 0 bridgehead atoms. The number of imidazole rings is 1. The molecule has 21 heavy (non-hydrogen) atoms. The lowest BCUT2D eigenvalue weighted by atomic mass is 10.1. The van der Waals surface area contributed by atoms with Crippen LogP contribution in [0.4, 0.5) is 0 Å². The van der Waals surface area contributed by atoms with Crippen LogP contribution in [-0.2, 0) is 7.05 Å². The van der Waals surface area contributed by atoms with Crippen LogP contribution in [0.5, 0.6) is 0 Å². The fourth-order valence-electron chi connectivity index (χ4n) is 2.57. The largest absolute Gasteiger partial charge is 0.336 e. The smallest absolute Gasteiger partial charge is 0.130 e. The quantitative estimate of drug-likeness (QED) is 0.938. The van der Waals surface area contributed by atoms with Gasteiger partial charge in [-0.2, -0.15) is 23.5 Å². The molecule has 1 atom stereocenters. The topological polar surface area (TPSA) is 29.9 Å². The summed E-state index contributed by atoms with van der Waals surface area (Å²) in [7, 11) is 2.07. The molecule has 1 aliphatic heterocycles. The van der Waals surface area contributed by atoms with Crippen LogP contribution >= 0.6 is 23.5 Å². The first-order chi connectivity index (χ1) is 10.3. The van der Waals surface area contributed by atoms with E-state index in [1.54, 1.807) is 0 Å². The highest BCUT2D eigenvalue weighted by Crippen LogP contribution is 2.24. The van der Waals surface area contributed by atoms with Crippen molar-refractivity contribution in [3.8, 4) is 0 Å². The van der Waals surface area contributed by atoms with Crippen LogP contribution in [-0.4, -0.2) is 38.6 Å². The Morgan fingerprint density at radius 2 is 1.90 bits per heavy atom. The van der Waals surface area contributed by atoms with E-state index in [1.165, 1.54) is 28.6 Å². The summed E-state index contributed by atoms with van der Waals surface area (Å²) in [6, 6.07) is 11.3. The van der Waals surface area contributed by atoms with Crippen LogP contribution in [0.25, 0.3) is 0 Å². The monoisotopic (exact) mass is 319 g/mol. The van der Waals surface area contributed by atoms with Crippen molar-refractivity contribution in [2.75, 3.05) is 23.0 Å². The molecule has 0 amide bonds. The first kappa shape index (κ1) is 15.0. The first-order valence-corrected chi connectivity index (χ1v) is 9.59. The van der Waals surface area contributed by atoms with Crippen LogP contribution in [0.2, 0.25) is 0 Å². The maximum absolute atomic E-state index is 4.57. The van der Waals surface area contributed by atoms with Crippen molar-refractivity contribution in [3.63, 3.8) is 0 Å². The van der Waals surface area contributed by atoms with Crippen molar-refractivity contribution in [2.24, 2.45) is 7.05 Å². The number of benzene rings is 1. The molecule has 0 saturated carbocycles. The van der Waals surface area contributed by atoms with Gasteiger partial charge in [-0.1, -0.05) is 30.3 Å². The normalized spacial score (nSPS) is 18.3. The number of aromatic nitrogens is 2. The predicted octanol–water partition coefficient (Wildman–Crippen LogP) is 2.95. The highest BCUT2D eigenvalue weighted by atomic mass is 32.2. The molecule has 3 rings (SSSR count). The fraction of sp³-hybridized carbons (Fsp3) is 0.438. The standard InChI is InChI=1S/C16H21N3S2/c1-19-8-7-17-16(19)15(13-5-3-2-4-6-13)18-14-11-20-9-10-21-12-14/h2-8,14-15,18H,9-12H2,1H3. The Morgan fingerprint density at radius 3 is 2.52 bits per heavy atom. The van der Waals surface area contributed by atoms with Gasteiger partial charge >= 0.3 is 0 Å². The molecule has 2 heterocycles. The second kappa shape index (κ2) is 7.38. The van der Waals surface area contributed by atoms with Gasteiger partial charge in [0, 0.05) is 48.5 Å². The van der Waals surface area contributed by atoms with E-state index in [0.717, 1.165) is 5.82 Å². The summed E-state index contributed by atoms with van der Waals surface area (Å²) in [4.78, 5) is 4.57. The van der Waals surface area contributed by atoms with E-state index in [0.29, 0.717) is 6.04 Å². The highest BCUT2D eigenvalue weighted by Gasteiger charge is 2.22. The lowest BCUT2D eigenvalue weighted by Crippen LogP contribution is -2.38. The molecule has 1 fully saturated rings. The molecule has 2 aromatic rings. The molecule has 1 saturated heterocycles. The summed E-state index contributed by atoms with van der Waals surface area (Å²) in [6.45, 7) is 0. The van der Waals surface area contributed by atoms with Crippen molar-refractivity contribution in [3.05, 3.63) is 54.1 Å². The van der Waals surface area contributed by atoms with Gasteiger partial charge in [0.05, 0.1) is 6.04 Å². The summed E-state index contributed by atoms with van der Waals surface area (Å²) in [6.07, 6.45) is 3.90. The number of aryl methyl sites for hydroxylation is 1. The maximum Gasteiger partial charge on any atom is 0.130 e. The molecule has 1 aromatic carbocycles. The van der Waals surface area contributed by atoms with E-state index in [4.69, 9.17) is 0 Å². The summed E-state index contributed by atoms with van der Waals surface area (Å²) in [5.74, 6) is 5.98.